The maximum Gasteiger partial charge on any atom is 0.185 e. The normalized spacial score (nSPS) is 15.1. The molecule has 2 aromatic carbocycles. The summed E-state index contributed by atoms with van der Waals surface area (Å²) in [6.45, 7) is 6.20. The van der Waals surface area contributed by atoms with Gasteiger partial charge in [-0.1, -0.05) is 36.4 Å². The molecule has 3 rings (SSSR count). The highest BCUT2D eigenvalue weighted by Gasteiger charge is 2.11. The van der Waals surface area contributed by atoms with E-state index in [9.17, 15) is 4.79 Å². The van der Waals surface area contributed by atoms with Crippen molar-refractivity contribution < 1.29 is 9.53 Å². The maximum absolute atomic E-state index is 12.6. The molecule has 1 N–H and O–H groups in total. The number of morpholine rings is 1. The zero-order chi connectivity index (χ0) is 20.5. The molecule has 0 aromatic heterocycles. The van der Waals surface area contributed by atoms with E-state index < -0.39 is 0 Å². The number of carbonyl (C=O) groups is 1. The highest BCUT2D eigenvalue weighted by Crippen LogP contribution is 2.13. The van der Waals surface area contributed by atoms with Crippen molar-refractivity contribution in [2.75, 3.05) is 58.8 Å². The van der Waals surface area contributed by atoms with Crippen LogP contribution in [-0.4, -0.2) is 69.1 Å². The van der Waals surface area contributed by atoms with Gasteiger partial charge in [-0.05, 0) is 49.5 Å². The number of benzene rings is 2. The van der Waals surface area contributed by atoms with E-state index in [0.717, 1.165) is 62.8 Å². The number of hydrogen-bond acceptors (Lipinski definition) is 5. The summed E-state index contributed by atoms with van der Waals surface area (Å²) in [5.74, 6) is 0.0296. The van der Waals surface area contributed by atoms with Crippen molar-refractivity contribution in [2.24, 2.45) is 0 Å². The fourth-order valence-electron chi connectivity index (χ4n) is 3.24. The number of ether oxygens (including phenoxy) is 1. The lowest BCUT2D eigenvalue weighted by atomic mass is 10.1. The fraction of sp³-hybridized carbons (Fsp3) is 0.375. The van der Waals surface area contributed by atoms with Gasteiger partial charge in [0.25, 0.3) is 0 Å². The number of allylic oxidation sites excluding steroid dienone is 1. The van der Waals surface area contributed by atoms with Crippen LogP contribution in [0.4, 0.5) is 5.69 Å². The van der Waals surface area contributed by atoms with Crippen LogP contribution in [-0.2, 0) is 11.3 Å². The summed E-state index contributed by atoms with van der Waals surface area (Å²) in [6.07, 6.45) is 3.53. The summed E-state index contributed by atoms with van der Waals surface area (Å²) in [6, 6.07) is 16.1. The molecule has 154 valence electrons. The first-order valence-corrected chi connectivity index (χ1v) is 10.2. The van der Waals surface area contributed by atoms with E-state index in [-0.39, 0.29) is 5.78 Å². The minimum atomic E-state index is 0.0296. The second kappa shape index (κ2) is 10.9. The van der Waals surface area contributed by atoms with Gasteiger partial charge < -0.3 is 15.0 Å². The highest BCUT2D eigenvalue weighted by atomic mass is 16.5. The van der Waals surface area contributed by atoms with Gasteiger partial charge >= 0.3 is 0 Å². The highest BCUT2D eigenvalue weighted by molar-refractivity contribution is 6.06. The Morgan fingerprint density at radius 3 is 2.62 bits per heavy atom. The van der Waals surface area contributed by atoms with E-state index in [1.807, 2.05) is 48.5 Å². The molecule has 1 aliphatic rings. The van der Waals surface area contributed by atoms with E-state index in [2.05, 4.69) is 35.3 Å². The van der Waals surface area contributed by atoms with Gasteiger partial charge in [-0.2, -0.15) is 0 Å². The molecule has 5 nitrogen and oxygen atoms in total. The Labute approximate surface area is 174 Å². The number of rotatable bonds is 9. The number of nitrogens with one attached hydrogen (secondary N) is 1. The average Bonchev–Trinajstić information content (AvgIpc) is 2.73. The van der Waals surface area contributed by atoms with Gasteiger partial charge in [0, 0.05) is 44.0 Å². The van der Waals surface area contributed by atoms with E-state index in [1.165, 1.54) is 5.56 Å². The van der Waals surface area contributed by atoms with Gasteiger partial charge in [0.15, 0.2) is 5.78 Å². The van der Waals surface area contributed by atoms with Crippen LogP contribution < -0.4 is 5.32 Å². The number of carbonyl (C=O) groups excluding carboxylic acids is 1. The molecule has 0 unspecified atom stereocenters. The quantitative estimate of drug-likeness (QED) is 0.523. The molecule has 1 heterocycles. The molecule has 0 amide bonds. The Morgan fingerprint density at radius 2 is 1.90 bits per heavy atom. The summed E-state index contributed by atoms with van der Waals surface area (Å²) in [5.41, 5.74) is 4.00. The minimum absolute atomic E-state index is 0.0296. The molecular formula is C24H31N3O2. The Balaban J connectivity index is 1.55. The van der Waals surface area contributed by atoms with E-state index >= 15 is 0 Å². The molecule has 1 aliphatic heterocycles. The van der Waals surface area contributed by atoms with Crippen LogP contribution in [0.15, 0.2) is 54.6 Å². The molecule has 5 heteroatoms. The summed E-state index contributed by atoms with van der Waals surface area (Å²) in [5, 5.41) is 3.39. The summed E-state index contributed by atoms with van der Waals surface area (Å²) >= 11 is 0. The third-order valence-electron chi connectivity index (χ3n) is 4.95. The molecule has 0 atom stereocenters. The largest absolute Gasteiger partial charge is 0.384 e. The van der Waals surface area contributed by atoms with Crippen LogP contribution >= 0.6 is 0 Å². The van der Waals surface area contributed by atoms with Crippen molar-refractivity contribution in [1.29, 1.82) is 0 Å². The molecule has 0 spiro atoms. The molecule has 0 aliphatic carbocycles. The van der Waals surface area contributed by atoms with Crippen molar-refractivity contribution in [1.82, 2.24) is 9.80 Å². The van der Waals surface area contributed by atoms with Gasteiger partial charge in [0.2, 0.25) is 0 Å². The van der Waals surface area contributed by atoms with Crippen LogP contribution in [0, 0.1) is 0 Å². The first kappa shape index (κ1) is 21.2. The number of ketones is 1. The summed E-state index contributed by atoms with van der Waals surface area (Å²) in [7, 11) is 4.12. The number of nitrogens with zero attached hydrogens (tertiary/aromatic N) is 2. The lowest BCUT2D eigenvalue weighted by Gasteiger charge is -2.26. The summed E-state index contributed by atoms with van der Waals surface area (Å²) in [4.78, 5) is 17.1. The van der Waals surface area contributed by atoms with Crippen molar-refractivity contribution >= 4 is 17.5 Å². The first-order valence-electron chi connectivity index (χ1n) is 10.2. The van der Waals surface area contributed by atoms with Gasteiger partial charge in [-0.3, -0.25) is 9.69 Å². The van der Waals surface area contributed by atoms with Crippen molar-refractivity contribution in [2.45, 2.75) is 6.54 Å². The molecule has 1 saturated heterocycles. The molecule has 0 radical (unpaired) electrons. The molecule has 0 saturated carbocycles. The Morgan fingerprint density at radius 1 is 1.14 bits per heavy atom. The van der Waals surface area contributed by atoms with Gasteiger partial charge in [-0.25, -0.2) is 0 Å². The Bertz CT molecular complexity index is 809. The second-order valence-electron chi connectivity index (χ2n) is 7.64. The predicted octanol–water partition coefficient (Wildman–Crippen LogP) is 3.39. The molecule has 0 bridgehead atoms. The number of anilines is 1. The van der Waals surface area contributed by atoms with Gasteiger partial charge in [0.05, 0.1) is 13.2 Å². The number of likely N-dealkylation sites (N-methyl/N-ethyl adjacent to an activating group) is 1. The number of hydrogen-bond donors (Lipinski definition) is 1. The van der Waals surface area contributed by atoms with Crippen LogP contribution in [0.5, 0.6) is 0 Å². The van der Waals surface area contributed by atoms with Crippen LogP contribution in [0.2, 0.25) is 0 Å². The van der Waals surface area contributed by atoms with Crippen molar-refractivity contribution in [3.63, 3.8) is 0 Å². The third kappa shape index (κ3) is 7.13. The SMILES string of the molecule is CN(C)CCNc1ccc(/C=C/C(=O)c2cccc(CN3CCOCC3)c2)cc1. The minimum Gasteiger partial charge on any atom is -0.384 e. The standard InChI is InChI=1S/C24H31N3O2/c1-26(2)13-12-25-23-9-6-20(7-10-23)8-11-24(28)22-5-3-4-21(18-22)19-27-14-16-29-17-15-27/h3-11,18,25H,12-17,19H2,1-2H3/b11-8+. The Kier molecular flexibility index (Phi) is 7.99. The monoisotopic (exact) mass is 393 g/mol. The zero-order valence-corrected chi connectivity index (χ0v) is 17.4. The lowest BCUT2D eigenvalue weighted by molar-refractivity contribution is 0.0342. The van der Waals surface area contributed by atoms with Crippen LogP contribution in [0.1, 0.15) is 21.5 Å². The molecule has 29 heavy (non-hydrogen) atoms. The maximum atomic E-state index is 12.6. The Hall–Kier alpha value is -2.47. The summed E-state index contributed by atoms with van der Waals surface area (Å²) < 4.78 is 5.40. The van der Waals surface area contributed by atoms with E-state index in [1.54, 1.807) is 6.08 Å². The second-order valence-corrected chi connectivity index (χ2v) is 7.64. The topological polar surface area (TPSA) is 44.8 Å². The molecule has 2 aromatic rings. The zero-order valence-electron chi connectivity index (χ0n) is 17.4. The molecule has 1 fully saturated rings. The van der Waals surface area contributed by atoms with Gasteiger partial charge in [-0.15, -0.1) is 0 Å². The van der Waals surface area contributed by atoms with Crippen LogP contribution in [0.25, 0.3) is 6.08 Å². The fourth-order valence-corrected chi connectivity index (χ4v) is 3.24. The van der Waals surface area contributed by atoms with Crippen molar-refractivity contribution in [3.8, 4) is 0 Å². The van der Waals surface area contributed by atoms with E-state index in [0.29, 0.717) is 0 Å². The first-order chi connectivity index (χ1) is 14.1. The van der Waals surface area contributed by atoms with Crippen LogP contribution in [0.3, 0.4) is 0 Å². The third-order valence-corrected chi connectivity index (χ3v) is 4.95. The predicted molar refractivity (Wildman–Crippen MR) is 119 cm³/mol. The lowest BCUT2D eigenvalue weighted by Crippen LogP contribution is -2.35. The van der Waals surface area contributed by atoms with Crippen molar-refractivity contribution in [3.05, 3.63) is 71.3 Å². The average molecular weight is 394 g/mol. The van der Waals surface area contributed by atoms with E-state index in [4.69, 9.17) is 4.74 Å². The smallest absolute Gasteiger partial charge is 0.185 e. The molecular weight excluding hydrogens is 362 g/mol. The van der Waals surface area contributed by atoms with Gasteiger partial charge in [0.1, 0.15) is 0 Å².